The van der Waals surface area contributed by atoms with Crippen LogP contribution in [-0.4, -0.2) is 23.0 Å². The van der Waals surface area contributed by atoms with Gasteiger partial charge in [-0.1, -0.05) is 66.7 Å². The van der Waals surface area contributed by atoms with Gasteiger partial charge in [0.25, 0.3) is 5.91 Å². The van der Waals surface area contributed by atoms with Crippen molar-refractivity contribution < 1.29 is 50.5 Å². The van der Waals surface area contributed by atoms with Crippen LogP contribution in [0.1, 0.15) is 38.2 Å². The first-order valence-corrected chi connectivity index (χ1v) is 13.1. The van der Waals surface area contributed by atoms with E-state index in [4.69, 9.17) is 9.47 Å². The summed E-state index contributed by atoms with van der Waals surface area (Å²) in [7, 11) is 0. The molecule has 1 atom stereocenters. The average Bonchev–Trinajstić information content (AvgIpc) is 2.99. The summed E-state index contributed by atoms with van der Waals surface area (Å²) < 4.78 is 91.4. The molecule has 2 N–H and O–H groups in total. The highest BCUT2D eigenvalue weighted by atomic mass is 19.4. The zero-order valence-corrected chi connectivity index (χ0v) is 22.8. The van der Waals surface area contributed by atoms with Crippen molar-refractivity contribution >= 4 is 11.9 Å². The van der Waals surface area contributed by atoms with Crippen LogP contribution < -0.4 is 14.8 Å². The molecule has 6 nitrogen and oxygen atoms in total. The Morgan fingerprint density at radius 2 is 1.16 bits per heavy atom. The van der Waals surface area contributed by atoms with Gasteiger partial charge in [-0.05, 0) is 47.0 Å². The number of halogens is 6. The van der Waals surface area contributed by atoms with E-state index in [-0.39, 0.29) is 43.6 Å². The van der Waals surface area contributed by atoms with E-state index in [9.17, 15) is 41.0 Å². The van der Waals surface area contributed by atoms with Crippen LogP contribution in [0, 0.1) is 0 Å². The first kappa shape index (κ1) is 31.9. The average molecular weight is 618 g/mol. The van der Waals surface area contributed by atoms with E-state index in [0.717, 1.165) is 11.1 Å². The lowest BCUT2D eigenvalue weighted by Gasteiger charge is -2.18. The van der Waals surface area contributed by atoms with Crippen LogP contribution in [0.4, 0.5) is 26.3 Å². The summed E-state index contributed by atoms with van der Waals surface area (Å²) in [4.78, 5) is 24.8. The third-order valence-corrected chi connectivity index (χ3v) is 6.38. The number of aliphatic carboxylic acids is 1. The summed E-state index contributed by atoms with van der Waals surface area (Å²) in [6.45, 7) is 0.342. The molecule has 0 fully saturated rings. The van der Waals surface area contributed by atoms with Gasteiger partial charge in [-0.15, -0.1) is 0 Å². The first-order chi connectivity index (χ1) is 20.8. The molecule has 0 heterocycles. The van der Waals surface area contributed by atoms with Gasteiger partial charge < -0.3 is 19.9 Å². The number of carbonyl (C=O) groups excluding carboxylic acids is 1. The molecule has 0 saturated heterocycles. The van der Waals surface area contributed by atoms with E-state index in [0.29, 0.717) is 11.3 Å². The van der Waals surface area contributed by atoms with Crippen molar-refractivity contribution in [1.82, 2.24) is 5.32 Å². The number of hydrogen-bond acceptors (Lipinski definition) is 4. The molecule has 0 aliphatic carbocycles. The lowest BCUT2D eigenvalue weighted by atomic mass is 10.0. The lowest BCUT2D eigenvalue weighted by molar-refractivity contribution is -0.143. The smallest absolute Gasteiger partial charge is 0.416 e. The van der Waals surface area contributed by atoms with Crippen LogP contribution >= 0.6 is 0 Å². The van der Waals surface area contributed by atoms with Gasteiger partial charge in [-0.25, -0.2) is 4.79 Å². The van der Waals surface area contributed by atoms with Gasteiger partial charge in [0.05, 0.1) is 11.1 Å². The number of carboxylic acids is 1. The van der Waals surface area contributed by atoms with Crippen LogP contribution in [0.3, 0.4) is 0 Å². The molecule has 4 rings (SSSR count). The van der Waals surface area contributed by atoms with Gasteiger partial charge in [-0.2, -0.15) is 26.3 Å². The molecule has 0 radical (unpaired) electrons. The van der Waals surface area contributed by atoms with Crippen LogP contribution in [0.5, 0.6) is 11.5 Å². The minimum absolute atomic E-state index is 0.121. The topological polar surface area (TPSA) is 84.9 Å². The Hall–Kier alpha value is -5.00. The third-order valence-electron chi connectivity index (χ3n) is 6.38. The predicted octanol–water partition coefficient (Wildman–Crippen LogP) is 7.31. The first-order valence-electron chi connectivity index (χ1n) is 13.1. The molecular weight excluding hydrogens is 592 g/mol. The number of amides is 1. The Morgan fingerprint density at radius 3 is 1.64 bits per heavy atom. The molecule has 0 aromatic heterocycles. The molecule has 4 aromatic rings. The van der Waals surface area contributed by atoms with Gasteiger partial charge >= 0.3 is 18.3 Å². The highest BCUT2D eigenvalue weighted by molar-refractivity contribution is 5.97. The quantitative estimate of drug-likeness (QED) is 0.173. The highest BCUT2D eigenvalue weighted by Gasteiger charge is 2.38. The zero-order chi connectivity index (χ0) is 31.9. The molecule has 0 aliphatic rings. The molecule has 1 amide bonds. The van der Waals surface area contributed by atoms with Crippen molar-refractivity contribution in [2.45, 2.75) is 38.0 Å². The normalized spacial score (nSPS) is 12.3. The van der Waals surface area contributed by atoms with Gasteiger partial charge in [0, 0.05) is 12.0 Å². The fourth-order valence-electron chi connectivity index (χ4n) is 4.15. The van der Waals surface area contributed by atoms with Crippen LogP contribution in [0.2, 0.25) is 0 Å². The van der Waals surface area contributed by atoms with E-state index >= 15 is 0 Å². The summed E-state index contributed by atoms with van der Waals surface area (Å²) in [6, 6.07) is 21.6. The minimum atomic E-state index is -5.18. The van der Waals surface area contributed by atoms with E-state index in [2.05, 4.69) is 0 Å². The maximum absolute atomic E-state index is 13.3. The molecule has 0 spiro atoms. The summed E-state index contributed by atoms with van der Waals surface area (Å²) in [5.41, 5.74) is -2.33. The fraction of sp³-hybridized carbons (Fsp3) is 0.188. The van der Waals surface area contributed by atoms with Crippen molar-refractivity contribution in [2.24, 2.45) is 0 Å². The minimum Gasteiger partial charge on any atom is -0.485 e. The van der Waals surface area contributed by atoms with Gasteiger partial charge in [0.15, 0.2) is 11.5 Å². The van der Waals surface area contributed by atoms with Crippen molar-refractivity contribution in [1.29, 1.82) is 0 Å². The van der Waals surface area contributed by atoms with E-state index in [1.54, 1.807) is 6.07 Å². The lowest BCUT2D eigenvalue weighted by Crippen LogP contribution is -2.42. The van der Waals surface area contributed by atoms with Crippen LogP contribution in [0.25, 0.3) is 0 Å². The summed E-state index contributed by atoms with van der Waals surface area (Å²) >= 11 is 0. The summed E-state index contributed by atoms with van der Waals surface area (Å²) in [5, 5.41) is 11.8. The maximum atomic E-state index is 13.3. The van der Waals surface area contributed by atoms with Gasteiger partial charge in [0.2, 0.25) is 0 Å². The van der Waals surface area contributed by atoms with Crippen molar-refractivity contribution in [2.75, 3.05) is 0 Å². The number of rotatable bonds is 11. The number of carbonyl (C=O) groups is 2. The largest absolute Gasteiger partial charge is 0.485 e. The molecule has 4 aromatic carbocycles. The Bertz CT molecular complexity index is 1560. The Morgan fingerprint density at radius 1 is 0.659 bits per heavy atom. The Kier molecular flexibility index (Phi) is 9.82. The number of nitrogens with one attached hydrogen (secondary N) is 1. The summed E-state index contributed by atoms with van der Waals surface area (Å²) in [5.74, 6) is -2.38. The van der Waals surface area contributed by atoms with Crippen LogP contribution in [0.15, 0.2) is 97.1 Å². The summed E-state index contributed by atoms with van der Waals surface area (Å²) in [6.07, 6.45) is -10.7. The number of ether oxygens (including phenoxy) is 2. The van der Waals surface area contributed by atoms with Crippen molar-refractivity contribution in [3.63, 3.8) is 0 Å². The zero-order valence-electron chi connectivity index (χ0n) is 22.8. The van der Waals surface area contributed by atoms with Gasteiger partial charge in [0.1, 0.15) is 19.3 Å². The maximum Gasteiger partial charge on any atom is 0.416 e. The Balaban J connectivity index is 1.57. The van der Waals surface area contributed by atoms with Crippen molar-refractivity contribution in [3.8, 4) is 11.5 Å². The van der Waals surface area contributed by atoms with E-state index in [1.165, 1.54) is 12.1 Å². The second-order valence-corrected chi connectivity index (χ2v) is 9.69. The predicted molar refractivity (Wildman–Crippen MR) is 147 cm³/mol. The fourth-order valence-corrected chi connectivity index (χ4v) is 4.15. The number of benzene rings is 4. The van der Waals surface area contributed by atoms with Gasteiger partial charge in [-0.3, -0.25) is 4.79 Å². The molecule has 12 heteroatoms. The monoisotopic (exact) mass is 617 g/mol. The molecule has 44 heavy (non-hydrogen) atoms. The standard InChI is InChI=1S/C32H25F6NO5/c33-31(34,35)24-15-23(16-25(17-24)32(36,37)38)29(40)39-26(30(41)42)13-22-11-12-27(43-18-20-7-3-1-4-8-20)28(14-22)44-19-21-9-5-2-6-10-21/h1-12,14-17,26H,13,18-19H2,(H,39,40)(H,41,42)/t26-/m1/s1. The third kappa shape index (κ3) is 8.76. The molecule has 0 aliphatic heterocycles. The number of hydrogen-bond donors (Lipinski definition) is 2. The number of alkyl halides is 6. The second-order valence-electron chi connectivity index (χ2n) is 9.69. The second kappa shape index (κ2) is 13.5. The van der Waals surface area contributed by atoms with Crippen molar-refractivity contribution in [3.05, 3.63) is 130 Å². The molecular formula is C32H25F6NO5. The highest BCUT2D eigenvalue weighted by Crippen LogP contribution is 2.36. The van der Waals surface area contributed by atoms with E-state index < -0.39 is 47.0 Å². The molecule has 0 bridgehead atoms. The number of carboxylic acid groups (broad SMARTS) is 1. The van der Waals surface area contributed by atoms with E-state index in [1.807, 2.05) is 66.0 Å². The van der Waals surface area contributed by atoms with Crippen LogP contribution in [-0.2, 0) is 36.8 Å². The molecule has 230 valence electrons. The SMILES string of the molecule is O=C(N[C@H](Cc1ccc(OCc2ccccc2)c(OCc2ccccc2)c1)C(=O)O)c1cc(C(F)(F)F)cc(C(F)(F)F)c1. The molecule has 0 saturated carbocycles. The molecule has 0 unspecified atom stereocenters. The Labute approximate surface area is 247 Å².